The van der Waals surface area contributed by atoms with Crippen molar-refractivity contribution in [2.75, 3.05) is 13.2 Å². The summed E-state index contributed by atoms with van der Waals surface area (Å²) in [6.45, 7) is 5.67. The normalized spacial score (nSPS) is 11.8. The van der Waals surface area contributed by atoms with Gasteiger partial charge in [0, 0.05) is 41.0 Å². The molecule has 0 saturated heterocycles. The van der Waals surface area contributed by atoms with Gasteiger partial charge >= 0.3 is 0 Å². The zero-order valence-corrected chi connectivity index (χ0v) is 47.4. The van der Waals surface area contributed by atoms with Gasteiger partial charge in [-0.1, -0.05) is 303 Å². The summed E-state index contributed by atoms with van der Waals surface area (Å²) in [6, 6.07) is 88.7. The number of benzene rings is 10. The molecule has 10 rings (SSSR count). The van der Waals surface area contributed by atoms with Crippen LogP contribution in [0.1, 0.15) is 124 Å². The van der Waals surface area contributed by atoms with Crippen LogP contribution in [0.2, 0.25) is 0 Å². The Morgan fingerprint density at radius 3 is 0.459 bits per heavy atom. The van der Waals surface area contributed by atoms with Gasteiger partial charge < -0.3 is 30.3 Å². The number of hydrogen-bond donors (Lipinski definition) is 5. The van der Waals surface area contributed by atoms with E-state index < -0.39 is 30.5 Å². The highest BCUT2D eigenvalue weighted by Gasteiger charge is 2.22. The van der Waals surface area contributed by atoms with Crippen molar-refractivity contribution in [3.63, 3.8) is 0 Å². The third-order valence-corrected chi connectivity index (χ3v) is 12.5. The first-order chi connectivity index (χ1) is 41.4. The molecule has 0 amide bonds. The van der Waals surface area contributed by atoms with Gasteiger partial charge in [-0.25, -0.2) is 0 Å². The Labute approximate surface area is 497 Å². The second-order valence-corrected chi connectivity index (χ2v) is 18.5. The molecule has 0 aliphatic heterocycles. The van der Waals surface area contributed by atoms with Crippen LogP contribution in [0.5, 0.6) is 0 Å². The Morgan fingerprint density at radius 2 is 0.353 bits per heavy atom. The highest BCUT2D eigenvalue weighted by atomic mass is 16.5. The molecule has 5 atom stereocenters. The van der Waals surface area contributed by atoms with Crippen molar-refractivity contribution in [1.29, 1.82) is 0 Å². The van der Waals surface area contributed by atoms with Crippen molar-refractivity contribution in [3.8, 4) is 0 Å². The third kappa shape index (κ3) is 22.2. The molecule has 0 saturated carbocycles. The van der Waals surface area contributed by atoms with E-state index in [1.54, 1.807) is 243 Å². The predicted octanol–water partition coefficient (Wildman–Crippen LogP) is 14.1. The zero-order valence-electron chi connectivity index (χ0n) is 47.4. The molecule has 85 heavy (non-hydrogen) atoms. The van der Waals surface area contributed by atoms with Gasteiger partial charge in [0.1, 0.15) is 30.5 Å². The zero-order chi connectivity index (χ0) is 61.0. The van der Waals surface area contributed by atoms with Gasteiger partial charge in [-0.15, -0.1) is 0 Å². The maximum atomic E-state index is 11.9. The van der Waals surface area contributed by atoms with Crippen LogP contribution in [-0.2, 0) is 4.74 Å². The van der Waals surface area contributed by atoms with Gasteiger partial charge in [0.25, 0.3) is 0 Å². The molecule has 432 valence electrons. The average Bonchev–Trinajstić information content (AvgIpc) is 3.61. The lowest BCUT2D eigenvalue weighted by molar-refractivity contribution is 0.0743. The van der Waals surface area contributed by atoms with Crippen LogP contribution in [0.15, 0.2) is 303 Å². The van der Waals surface area contributed by atoms with Crippen molar-refractivity contribution >= 4 is 28.9 Å². The molecule has 11 nitrogen and oxygen atoms in total. The fourth-order valence-corrected chi connectivity index (χ4v) is 7.94. The lowest BCUT2D eigenvalue weighted by Crippen LogP contribution is -2.11. The minimum Gasteiger partial charge on any atom is -0.382 e. The fourth-order valence-electron chi connectivity index (χ4n) is 7.94. The summed E-state index contributed by atoms with van der Waals surface area (Å²) in [6.07, 6.45) is -5.40. The molecule has 0 bridgehead atoms. The number of ether oxygens (including phenoxy) is 1. The van der Waals surface area contributed by atoms with Crippen LogP contribution in [0.4, 0.5) is 0 Å². The van der Waals surface area contributed by atoms with E-state index in [2.05, 4.69) is 0 Å². The van der Waals surface area contributed by atoms with Gasteiger partial charge in [-0.05, 0) is 41.7 Å². The predicted molar refractivity (Wildman–Crippen MR) is 333 cm³/mol. The van der Waals surface area contributed by atoms with E-state index in [1.165, 1.54) is 0 Å². The summed E-state index contributed by atoms with van der Waals surface area (Å²) in [5.41, 5.74) is 5.74. The highest BCUT2D eigenvalue weighted by Crippen LogP contribution is 2.22. The van der Waals surface area contributed by atoms with E-state index in [-0.39, 0.29) is 28.9 Å². The SMILES string of the molecule is CCOCC.O=C(c1ccccc1)C(O)c1ccccc1.O=C(c1ccccc1)C(O)c1ccccc1.O=C(c1ccccc1)C(O)c1ccccc1.O=C(c1ccccc1)C(O)c1ccccc1.O=C(c1ccccc1)C(O)c1ccccc1. The summed E-state index contributed by atoms with van der Waals surface area (Å²) in [7, 11) is 0. The van der Waals surface area contributed by atoms with E-state index in [0.717, 1.165) is 13.2 Å². The monoisotopic (exact) mass is 1130 g/mol. The summed E-state index contributed by atoms with van der Waals surface area (Å²) in [4.78, 5) is 59.5. The fraction of sp³-hybridized carbons (Fsp3) is 0.122. The van der Waals surface area contributed by atoms with Gasteiger partial charge in [0.05, 0.1) is 0 Å². The molecule has 5 N–H and O–H groups in total. The molecule has 0 heterocycles. The third-order valence-electron chi connectivity index (χ3n) is 12.5. The second kappa shape index (κ2) is 37.4. The first-order valence-electron chi connectivity index (χ1n) is 27.5. The standard InChI is InChI=1S/5C14H12O2.C4H10O/c5*15-13(11-7-3-1-4-8-11)14(16)12-9-5-2-6-10-12;1-3-5-4-2/h5*1-10,13,15H;3-4H2,1-2H3. The van der Waals surface area contributed by atoms with E-state index >= 15 is 0 Å². The number of aliphatic hydroxyl groups excluding tert-OH is 5. The Morgan fingerprint density at radius 1 is 0.235 bits per heavy atom. The molecule has 0 radical (unpaired) electrons. The maximum absolute atomic E-state index is 11.9. The van der Waals surface area contributed by atoms with Crippen LogP contribution in [-0.4, -0.2) is 67.7 Å². The van der Waals surface area contributed by atoms with E-state index in [1.807, 2.05) is 74.5 Å². The van der Waals surface area contributed by atoms with Crippen molar-refractivity contribution in [3.05, 3.63) is 359 Å². The quantitative estimate of drug-likeness (QED) is 0.0544. The largest absolute Gasteiger partial charge is 0.382 e. The van der Waals surface area contributed by atoms with Crippen LogP contribution in [0.25, 0.3) is 0 Å². The summed E-state index contributed by atoms with van der Waals surface area (Å²) >= 11 is 0. The summed E-state index contributed by atoms with van der Waals surface area (Å²) in [5.74, 6) is -1.36. The van der Waals surface area contributed by atoms with Gasteiger partial charge in [0.2, 0.25) is 0 Å². The number of Topliss-reactive ketones (excluding diaryl/α,β-unsaturated/α-hetero) is 5. The summed E-state index contributed by atoms with van der Waals surface area (Å²) in [5, 5.41) is 49.5. The molecule has 11 heteroatoms. The van der Waals surface area contributed by atoms with Crippen molar-refractivity contribution in [2.45, 2.75) is 44.4 Å². The Bertz CT molecular complexity index is 2910. The van der Waals surface area contributed by atoms with Gasteiger partial charge in [-0.3, -0.25) is 24.0 Å². The Hall–Kier alpha value is -9.69. The molecule has 0 fully saturated rings. The number of carbonyl (C=O) groups is 5. The number of ketones is 5. The lowest BCUT2D eigenvalue weighted by Gasteiger charge is -2.09. The maximum Gasteiger partial charge on any atom is 0.195 e. The minimum atomic E-state index is -1.08. The molecule has 10 aromatic carbocycles. The van der Waals surface area contributed by atoms with Crippen molar-refractivity contribution < 1.29 is 54.2 Å². The Kier molecular flexibility index (Phi) is 29.1. The van der Waals surface area contributed by atoms with Crippen molar-refractivity contribution in [1.82, 2.24) is 0 Å². The number of carbonyl (C=O) groups excluding carboxylic acids is 5. The average molecular weight is 1140 g/mol. The van der Waals surface area contributed by atoms with Crippen LogP contribution in [0.3, 0.4) is 0 Å². The topological polar surface area (TPSA) is 196 Å². The molecular formula is C74H70O11. The molecule has 0 aliphatic carbocycles. The first kappa shape index (κ1) is 66.1. The van der Waals surface area contributed by atoms with Crippen molar-refractivity contribution in [2.24, 2.45) is 0 Å². The molecule has 0 aromatic heterocycles. The summed E-state index contributed by atoms with van der Waals surface area (Å²) < 4.78 is 4.83. The molecular weight excluding hydrogens is 1060 g/mol. The first-order valence-corrected chi connectivity index (χ1v) is 27.5. The van der Waals surface area contributed by atoms with E-state index in [0.29, 0.717) is 55.6 Å². The number of aliphatic hydroxyl groups is 5. The number of rotatable bonds is 17. The molecule has 10 aromatic rings. The smallest absolute Gasteiger partial charge is 0.195 e. The lowest BCUT2D eigenvalue weighted by atomic mass is 10.0. The van der Waals surface area contributed by atoms with Crippen LogP contribution < -0.4 is 0 Å². The molecule has 0 aliphatic rings. The minimum absolute atomic E-state index is 0.271. The van der Waals surface area contributed by atoms with Crippen LogP contribution >= 0.6 is 0 Å². The van der Waals surface area contributed by atoms with Crippen LogP contribution in [0, 0.1) is 0 Å². The van der Waals surface area contributed by atoms with E-state index in [4.69, 9.17) is 4.74 Å². The second-order valence-electron chi connectivity index (χ2n) is 18.5. The molecule has 5 unspecified atom stereocenters. The molecule has 0 spiro atoms. The van der Waals surface area contributed by atoms with Gasteiger partial charge in [-0.2, -0.15) is 0 Å². The number of hydrogen-bond acceptors (Lipinski definition) is 11. The van der Waals surface area contributed by atoms with E-state index in [9.17, 15) is 49.5 Å². The Balaban J connectivity index is 0.000000190. The highest BCUT2D eigenvalue weighted by molar-refractivity contribution is 6.02. The van der Waals surface area contributed by atoms with Gasteiger partial charge in [0.15, 0.2) is 28.9 Å².